The van der Waals surface area contributed by atoms with Crippen molar-refractivity contribution < 1.29 is 4.79 Å². The number of para-hydroxylation sites is 1. The molecule has 2 aliphatic heterocycles. The molecule has 2 aromatic rings. The Balaban J connectivity index is 1.52. The summed E-state index contributed by atoms with van der Waals surface area (Å²) in [5, 5.41) is 0. The minimum atomic E-state index is 0.169. The van der Waals surface area contributed by atoms with Crippen molar-refractivity contribution in [3.05, 3.63) is 71.8 Å². The Bertz CT molecular complexity index is 827. The standard InChI is InChI=1S/C23H26N2O/c1-3-19-20-11-7-8-12-22(20)25(23(19)26)21-13-14-24(15-17(21)2)16-18-9-5-4-6-10-18/h3-12,17,21H,13-16H2,1-2H3/t17-,21-/m1/s1. The highest BCUT2D eigenvalue weighted by atomic mass is 16.2. The number of anilines is 1. The normalized spacial score (nSPS) is 24.9. The highest BCUT2D eigenvalue weighted by Gasteiger charge is 2.40. The summed E-state index contributed by atoms with van der Waals surface area (Å²) < 4.78 is 0. The number of nitrogens with zero attached hydrogens (tertiary/aromatic N) is 2. The number of amides is 1. The third-order valence-corrected chi connectivity index (χ3v) is 5.72. The van der Waals surface area contributed by atoms with E-state index >= 15 is 0 Å². The minimum absolute atomic E-state index is 0.169. The van der Waals surface area contributed by atoms with Crippen molar-refractivity contribution in [2.75, 3.05) is 18.0 Å². The molecule has 0 aliphatic carbocycles. The van der Waals surface area contributed by atoms with Crippen LogP contribution in [0.2, 0.25) is 0 Å². The van der Waals surface area contributed by atoms with Crippen LogP contribution in [0.5, 0.6) is 0 Å². The molecule has 0 N–H and O–H groups in total. The molecule has 26 heavy (non-hydrogen) atoms. The molecule has 0 aromatic heterocycles. The lowest BCUT2D eigenvalue weighted by Gasteiger charge is -2.41. The first-order chi connectivity index (χ1) is 12.7. The minimum Gasteiger partial charge on any atom is -0.304 e. The van der Waals surface area contributed by atoms with Crippen LogP contribution in [-0.2, 0) is 11.3 Å². The molecule has 1 amide bonds. The summed E-state index contributed by atoms with van der Waals surface area (Å²) in [6, 6.07) is 19.1. The highest BCUT2D eigenvalue weighted by Crippen LogP contribution is 2.40. The number of carbonyl (C=O) groups excluding carboxylic acids is 1. The van der Waals surface area contributed by atoms with E-state index in [4.69, 9.17) is 0 Å². The number of hydrogen-bond acceptors (Lipinski definition) is 2. The summed E-state index contributed by atoms with van der Waals surface area (Å²) in [7, 11) is 0. The molecule has 0 spiro atoms. The van der Waals surface area contributed by atoms with Crippen molar-refractivity contribution in [1.29, 1.82) is 0 Å². The monoisotopic (exact) mass is 346 g/mol. The Morgan fingerprint density at radius 1 is 1.08 bits per heavy atom. The van der Waals surface area contributed by atoms with Gasteiger partial charge in [-0.2, -0.15) is 0 Å². The first-order valence-electron chi connectivity index (χ1n) is 9.54. The maximum Gasteiger partial charge on any atom is 0.258 e. The summed E-state index contributed by atoms with van der Waals surface area (Å²) >= 11 is 0. The molecule has 2 heterocycles. The second-order valence-electron chi connectivity index (χ2n) is 7.45. The molecule has 0 bridgehead atoms. The van der Waals surface area contributed by atoms with E-state index in [-0.39, 0.29) is 11.9 Å². The number of carbonyl (C=O) groups is 1. The Morgan fingerprint density at radius 2 is 1.81 bits per heavy atom. The van der Waals surface area contributed by atoms with E-state index in [1.165, 1.54) is 5.56 Å². The number of benzene rings is 2. The van der Waals surface area contributed by atoms with Gasteiger partial charge in [0.2, 0.25) is 0 Å². The maximum atomic E-state index is 13.1. The molecule has 3 heteroatoms. The van der Waals surface area contributed by atoms with Gasteiger partial charge in [0.05, 0.1) is 5.69 Å². The smallest absolute Gasteiger partial charge is 0.258 e. The number of piperidine rings is 1. The van der Waals surface area contributed by atoms with Gasteiger partial charge in [0.1, 0.15) is 0 Å². The van der Waals surface area contributed by atoms with Crippen LogP contribution in [0, 0.1) is 5.92 Å². The van der Waals surface area contributed by atoms with Gasteiger partial charge in [-0.15, -0.1) is 0 Å². The van der Waals surface area contributed by atoms with Gasteiger partial charge in [0, 0.05) is 36.8 Å². The van der Waals surface area contributed by atoms with Gasteiger partial charge < -0.3 is 4.90 Å². The number of fused-ring (bicyclic) bond motifs is 1. The number of hydrogen-bond donors (Lipinski definition) is 0. The summed E-state index contributed by atoms with van der Waals surface area (Å²) in [4.78, 5) is 17.6. The van der Waals surface area contributed by atoms with Crippen molar-refractivity contribution >= 4 is 17.2 Å². The van der Waals surface area contributed by atoms with Crippen LogP contribution >= 0.6 is 0 Å². The number of likely N-dealkylation sites (tertiary alicyclic amines) is 1. The lowest BCUT2D eigenvalue weighted by Crippen LogP contribution is -2.51. The first kappa shape index (κ1) is 17.0. The zero-order valence-electron chi connectivity index (χ0n) is 15.6. The third kappa shape index (κ3) is 2.97. The molecular formula is C23H26N2O. The Morgan fingerprint density at radius 3 is 2.54 bits per heavy atom. The van der Waals surface area contributed by atoms with Crippen LogP contribution in [0.25, 0.3) is 5.57 Å². The summed E-state index contributed by atoms with van der Waals surface area (Å²) in [6.45, 7) is 7.28. The molecular weight excluding hydrogens is 320 g/mol. The van der Waals surface area contributed by atoms with Crippen LogP contribution in [-0.4, -0.2) is 29.9 Å². The van der Waals surface area contributed by atoms with Crippen LogP contribution in [0.3, 0.4) is 0 Å². The Kier molecular flexibility index (Phi) is 4.64. The Hall–Kier alpha value is -2.39. The molecule has 0 saturated carbocycles. The van der Waals surface area contributed by atoms with Crippen LogP contribution < -0.4 is 4.90 Å². The van der Waals surface area contributed by atoms with Gasteiger partial charge in [0.15, 0.2) is 0 Å². The summed E-state index contributed by atoms with van der Waals surface area (Å²) in [5.41, 5.74) is 4.37. The average Bonchev–Trinajstić information content (AvgIpc) is 2.94. The second-order valence-corrected chi connectivity index (χ2v) is 7.45. The lowest BCUT2D eigenvalue weighted by molar-refractivity contribution is -0.113. The highest BCUT2D eigenvalue weighted by molar-refractivity contribution is 6.32. The molecule has 2 aromatic carbocycles. The van der Waals surface area contributed by atoms with Crippen LogP contribution in [0.15, 0.2) is 60.7 Å². The fraction of sp³-hybridized carbons (Fsp3) is 0.348. The third-order valence-electron chi connectivity index (χ3n) is 5.72. The van der Waals surface area contributed by atoms with Gasteiger partial charge in [0.25, 0.3) is 5.91 Å². The van der Waals surface area contributed by atoms with Gasteiger partial charge in [-0.05, 0) is 30.9 Å². The lowest BCUT2D eigenvalue weighted by atomic mass is 9.92. The number of allylic oxidation sites excluding steroid dienone is 1. The molecule has 1 fully saturated rings. The zero-order valence-corrected chi connectivity index (χ0v) is 15.6. The maximum absolute atomic E-state index is 13.1. The molecule has 3 nitrogen and oxygen atoms in total. The second kappa shape index (κ2) is 7.08. The Labute approximate surface area is 155 Å². The average molecular weight is 346 g/mol. The van der Waals surface area contributed by atoms with Gasteiger partial charge in [-0.3, -0.25) is 9.69 Å². The van der Waals surface area contributed by atoms with Crippen molar-refractivity contribution in [3.8, 4) is 0 Å². The van der Waals surface area contributed by atoms with E-state index in [2.05, 4.69) is 59.2 Å². The molecule has 2 atom stereocenters. The van der Waals surface area contributed by atoms with Crippen molar-refractivity contribution in [2.45, 2.75) is 32.9 Å². The van der Waals surface area contributed by atoms with Crippen molar-refractivity contribution in [3.63, 3.8) is 0 Å². The van der Waals surface area contributed by atoms with Crippen molar-refractivity contribution in [2.24, 2.45) is 5.92 Å². The van der Waals surface area contributed by atoms with Crippen LogP contribution in [0.4, 0.5) is 5.69 Å². The molecule has 0 unspecified atom stereocenters. The van der Waals surface area contributed by atoms with E-state index in [0.717, 1.165) is 42.9 Å². The van der Waals surface area contributed by atoms with Gasteiger partial charge >= 0.3 is 0 Å². The SMILES string of the molecule is CC=C1C(=O)N([C@@H]2CCN(Cc3ccccc3)C[C@H]2C)c2ccccc21. The summed E-state index contributed by atoms with van der Waals surface area (Å²) in [6.07, 6.45) is 2.97. The molecule has 134 valence electrons. The first-order valence-corrected chi connectivity index (χ1v) is 9.54. The largest absolute Gasteiger partial charge is 0.304 e. The summed E-state index contributed by atoms with van der Waals surface area (Å²) in [5.74, 6) is 0.614. The predicted molar refractivity (Wildman–Crippen MR) is 107 cm³/mol. The van der Waals surface area contributed by atoms with Gasteiger partial charge in [-0.25, -0.2) is 0 Å². The molecule has 0 radical (unpaired) electrons. The number of rotatable bonds is 3. The van der Waals surface area contributed by atoms with E-state index in [9.17, 15) is 4.79 Å². The van der Waals surface area contributed by atoms with E-state index in [0.29, 0.717) is 5.92 Å². The molecule has 4 rings (SSSR count). The van der Waals surface area contributed by atoms with Crippen LogP contribution in [0.1, 0.15) is 31.4 Å². The van der Waals surface area contributed by atoms with E-state index < -0.39 is 0 Å². The van der Waals surface area contributed by atoms with Crippen molar-refractivity contribution in [1.82, 2.24) is 4.90 Å². The van der Waals surface area contributed by atoms with E-state index in [1.54, 1.807) is 0 Å². The zero-order chi connectivity index (χ0) is 18.1. The fourth-order valence-corrected chi connectivity index (χ4v) is 4.46. The quantitative estimate of drug-likeness (QED) is 0.772. The molecule has 2 aliphatic rings. The van der Waals surface area contributed by atoms with Gasteiger partial charge in [-0.1, -0.05) is 61.5 Å². The molecule has 1 saturated heterocycles. The fourth-order valence-electron chi connectivity index (χ4n) is 4.46. The predicted octanol–water partition coefficient (Wildman–Crippen LogP) is 4.35. The van der Waals surface area contributed by atoms with E-state index in [1.807, 2.05) is 25.1 Å². The topological polar surface area (TPSA) is 23.6 Å².